The molecule has 1 N–H and O–H groups in total. The molecule has 0 radical (unpaired) electrons. The van der Waals surface area contributed by atoms with Crippen LogP contribution in [-0.2, 0) is 4.79 Å². The molecule has 0 spiro atoms. The molecule has 3 aromatic heterocycles. The Hall–Kier alpha value is -2.64. The maximum Gasteiger partial charge on any atom is 0.389 e. The van der Waals surface area contributed by atoms with Crippen LogP contribution < -0.4 is 0 Å². The highest BCUT2D eigenvalue weighted by Crippen LogP contribution is 2.35. The third-order valence-corrected chi connectivity index (χ3v) is 5.16. The molecule has 27 heavy (non-hydrogen) atoms. The number of hydrogen-bond donors (Lipinski definition) is 1. The van der Waals surface area contributed by atoms with Gasteiger partial charge in [0.25, 0.3) is 0 Å². The Morgan fingerprint density at radius 2 is 2.15 bits per heavy atom. The molecular formula is C19H19F3N4O. The van der Waals surface area contributed by atoms with Gasteiger partial charge in [-0.3, -0.25) is 4.79 Å². The number of carbonyl (C=O) groups is 1. The SMILES string of the molecule is O=C(CCC(F)(F)F)N1CCCC(c2cc[nH]c3cnc4nccc4c23)C1. The number of amides is 1. The first kappa shape index (κ1) is 17.8. The molecule has 3 aromatic rings. The second kappa shape index (κ2) is 6.83. The molecule has 1 fully saturated rings. The van der Waals surface area contributed by atoms with Gasteiger partial charge in [0.1, 0.15) is 0 Å². The molecule has 4 rings (SSSR count). The highest BCUT2D eigenvalue weighted by Gasteiger charge is 2.31. The zero-order valence-corrected chi connectivity index (χ0v) is 14.6. The van der Waals surface area contributed by atoms with Gasteiger partial charge < -0.3 is 9.88 Å². The van der Waals surface area contributed by atoms with E-state index in [0.717, 1.165) is 34.7 Å². The van der Waals surface area contributed by atoms with Gasteiger partial charge in [-0.1, -0.05) is 0 Å². The molecule has 1 unspecified atom stereocenters. The number of nitrogens with one attached hydrogen (secondary N) is 1. The summed E-state index contributed by atoms with van der Waals surface area (Å²) in [5, 5.41) is 1.97. The van der Waals surface area contributed by atoms with Crippen LogP contribution in [0, 0.1) is 0 Å². The van der Waals surface area contributed by atoms with E-state index in [1.807, 2.05) is 18.3 Å². The molecule has 4 heterocycles. The van der Waals surface area contributed by atoms with Crippen LogP contribution in [0.3, 0.4) is 0 Å². The topological polar surface area (TPSA) is 61.9 Å². The second-order valence-electron chi connectivity index (χ2n) is 6.96. The smallest absolute Gasteiger partial charge is 0.360 e. The molecule has 142 valence electrons. The molecule has 1 amide bonds. The predicted octanol–water partition coefficient (Wildman–Crippen LogP) is 4.16. The van der Waals surface area contributed by atoms with Crippen molar-refractivity contribution >= 4 is 27.8 Å². The van der Waals surface area contributed by atoms with Crippen LogP contribution in [0.2, 0.25) is 0 Å². The molecule has 8 heteroatoms. The summed E-state index contributed by atoms with van der Waals surface area (Å²) in [7, 11) is 0. The van der Waals surface area contributed by atoms with Gasteiger partial charge in [-0.25, -0.2) is 9.97 Å². The lowest BCUT2D eigenvalue weighted by atomic mass is 9.88. The largest absolute Gasteiger partial charge is 0.389 e. The number of alkyl halides is 3. The van der Waals surface area contributed by atoms with Gasteiger partial charge in [0.05, 0.1) is 18.1 Å². The van der Waals surface area contributed by atoms with E-state index in [9.17, 15) is 18.0 Å². The first-order valence-electron chi connectivity index (χ1n) is 8.97. The van der Waals surface area contributed by atoms with Crippen LogP contribution in [-0.4, -0.2) is 45.0 Å². The molecule has 0 bridgehead atoms. The first-order chi connectivity index (χ1) is 12.9. The number of nitrogens with zero attached hydrogens (tertiary/aromatic N) is 3. The van der Waals surface area contributed by atoms with Gasteiger partial charge in [-0.2, -0.15) is 13.2 Å². The highest BCUT2D eigenvalue weighted by atomic mass is 19.4. The molecule has 0 aromatic carbocycles. The van der Waals surface area contributed by atoms with E-state index in [0.29, 0.717) is 18.7 Å². The van der Waals surface area contributed by atoms with E-state index in [1.54, 1.807) is 17.3 Å². The molecule has 1 saturated heterocycles. The third kappa shape index (κ3) is 3.61. The van der Waals surface area contributed by atoms with E-state index >= 15 is 0 Å². The lowest BCUT2D eigenvalue weighted by molar-refractivity contribution is -0.149. The van der Waals surface area contributed by atoms with Crippen LogP contribution in [0.15, 0.2) is 30.7 Å². The molecule has 1 aliphatic heterocycles. The Morgan fingerprint density at radius 3 is 2.96 bits per heavy atom. The zero-order chi connectivity index (χ0) is 19.0. The third-order valence-electron chi connectivity index (χ3n) is 5.16. The van der Waals surface area contributed by atoms with Crippen LogP contribution in [0.5, 0.6) is 0 Å². The minimum atomic E-state index is -4.31. The number of carbonyl (C=O) groups excluding carboxylic acids is 1. The summed E-state index contributed by atoms with van der Waals surface area (Å²) in [6.45, 7) is 0.951. The standard InChI is InChI=1S/C19H19F3N4O/c20-19(21,22)6-3-16(27)26-9-1-2-12(11-26)13-4-7-23-15-10-25-18-14(17(13)15)5-8-24-18/h4-5,7-8,10,12,23H,1-3,6,9,11H2. The van der Waals surface area contributed by atoms with Gasteiger partial charge in [0, 0.05) is 48.6 Å². The average Bonchev–Trinajstić information content (AvgIpc) is 3.14. The highest BCUT2D eigenvalue weighted by molar-refractivity contribution is 6.05. The van der Waals surface area contributed by atoms with E-state index < -0.39 is 24.9 Å². The van der Waals surface area contributed by atoms with E-state index in [2.05, 4.69) is 15.0 Å². The second-order valence-corrected chi connectivity index (χ2v) is 6.96. The summed E-state index contributed by atoms with van der Waals surface area (Å²) in [5.41, 5.74) is 2.63. The maximum atomic E-state index is 12.4. The van der Waals surface area contributed by atoms with Crippen LogP contribution in [0.1, 0.15) is 37.2 Å². The fraction of sp³-hybridized carbons (Fsp3) is 0.421. The molecule has 1 aliphatic rings. The Kier molecular flexibility index (Phi) is 4.49. The quantitative estimate of drug-likeness (QED) is 0.747. The van der Waals surface area contributed by atoms with Crippen molar-refractivity contribution in [2.75, 3.05) is 13.1 Å². The Labute approximate surface area is 153 Å². The fourth-order valence-corrected chi connectivity index (χ4v) is 3.89. The lowest BCUT2D eigenvalue weighted by Crippen LogP contribution is -2.39. The van der Waals surface area contributed by atoms with E-state index in [4.69, 9.17) is 0 Å². The minimum Gasteiger partial charge on any atom is -0.360 e. The summed E-state index contributed by atoms with van der Waals surface area (Å²) in [6, 6.07) is 3.90. The monoisotopic (exact) mass is 376 g/mol. The van der Waals surface area contributed by atoms with Gasteiger partial charge in [-0.15, -0.1) is 0 Å². The van der Waals surface area contributed by atoms with E-state index in [-0.39, 0.29) is 5.92 Å². The van der Waals surface area contributed by atoms with Crippen LogP contribution in [0.25, 0.3) is 21.9 Å². The summed E-state index contributed by atoms with van der Waals surface area (Å²) < 4.78 is 37.3. The number of H-pyrrole nitrogens is 1. The number of likely N-dealkylation sites (tertiary alicyclic amines) is 1. The van der Waals surface area contributed by atoms with Crippen molar-refractivity contribution in [2.45, 2.75) is 37.8 Å². The Bertz CT molecular complexity index is 982. The van der Waals surface area contributed by atoms with Crippen molar-refractivity contribution in [2.24, 2.45) is 0 Å². The number of piperidine rings is 1. The normalized spacial score (nSPS) is 18.3. The van der Waals surface area contributed by atoms with Crippen LogP contribution in [0.4, 0.5) is 13.2 Å². The molecular weight excluding hydrogens is 357 g/mol. The van der Waals surface area contributed by atoms with Gasteiger partial charge in [0.2, 0.25) is 5.91 Å². The predicted molar refractivity (Wildman–Crippen MR) is 95.2 cm³/mol. The number of pyridine rings is 2. The van der Waals surface area contributed by atoms with Crippen molar-refractivity contribution < 1.29 is 18.0 Å². The first-order valence-corrected chi connectivity index (χ1v) is 8.97. The molecule has 0 aliphatic carbocycles. The number of fused-ring (bicyclic) bond motifs is 3. The van der Waals surface area contributed by atoms with Crippen LogP contribution >= 0.6 is 0 Å². The summed E-state index contributed by atoms with van der Waals surface area (Å²) in [6.07, 6.45) is 1.09. The Balaban J connectivity index is 1.62. The summed E-state index contributed by atoms with van der Waals surface area (Å²) >= 11 is 0. The van der Waals surface area contributed by atoms with Crippen molar-refractivity contribution in [3.63, 3.8) is 0 Å². The molecule has 1 atom stereocenters. The summed E-state index contributed by atoms with van der Waals surface area (Å²) in [4.78, 5) is 25.6. The molecule has 5 nitrogen and oxygen atoms in total. The fourth-order valence-electron chi connectivity index (χ4n) is 3.89. The van der Waals surface area contributed by atoms with Crippen molar-refractivity contribution in [3.8, 4) is 0 Å². The van der Waals surface area contributed by atoms with Crippen molar-refractivity contribution in [1.29, 1.82) is 0 Å². The number of rotatable bonds is 3. The molecule has 0 saturated carbocycles. The minimum absolute atomic E-state index is 0.0752. The number of aromatic nitrogens is 3. The van der Waals surface area contributed by atoms with Crippen molar-refractivity contribution in [1.82, 2.24) is 19.9 Å². The van der Waals surface area contributed by atoms with Gasteiger partial charge in [-0.05, 0) is 30.5 Å². The Morgan fingerprint density at radius 1 is 1.30 bits per heavy atom. The van der Waals surface area contributed by atoms with Gasteiger partial charge in [0.15, 0.2) is 5.65 Å². The number of aromatic amines is 1. The summed E-state index contributed by atoms with van der Waals surface area (Å²) in [5.74, 6) is -0.350. The maximum absolute atomic E-state index is 12.4. The number of hydrogen-bond acceptors (Lipinski definition) is 3. The number of halogens is 3. The zero-order valence-electron chi connectivity index (χ0n) is 14.6. The van der Waals surface area contributed by atoms with Crippen molar-refractivity contribution in [3.05, 3.63) is 36.3 Å². The van der Waals surface area contributed by atoms with E-state index in [1.165, 1.54) is 0 Å². The van der Waals surface area contributed by atoms with Gasteiger partial charge >= 0.3 is 6.18 Å². The average molecular weight is 376 g/mol. The lowest BCUT2D eigenvalue weighted by Gasteiger charge is -2.33.